The van der Waals surface area contributed by atoms with E-state index in [9.17, 15) is 9.59 Å². The third-order valence-electron chi connectivity index (χ3n) is 5.13. The molecule has 1 aliphatic heterocycles. The molecule has 1 saturated heterocycles. The van der Waals surface area contributed by atoms with Gasteiger partial charge < -0.3 is 4.90 Å². The molecule has 0 spiro atoms. The molecule has 1 aliphatic carbocycles. The number of carbonyl (C=O) groups is 1. The Kier molecular flexibility index (Phi) is 3.11. The highest BCUT2D eigenvalue weighted by Crippen LogP contribution is 2.50. The van der Waals surface area contributed by atoms with Crippen LogP contribution in [0.25, 0.3) is 5.65 Å². The zero-order valence-corrected chi connectivity index (χ0v) is 13.6. The van der Waals surface area contributed by atoms with Gasteiger partial charge in [0, 0.05) is 30.6 Å². The normalized spacial score (nSPS) is 23.0. The summed E-state index contributed by atoms with van der Waals surface area (Å²) < 4.78 is 2.90. The Hall–Kier alpha value is -2.11. The second-order valence-corrected chi connectivity index (χ2v) is 7.48. The molecule has 2 aromatic rings. The molecular weight excluding hydrogens is 292 g/mol. The molecule has 3 heterocycles. The third-order valence-corrected chi connectivity index (χ3v) is 5.13. The van der Waals surface area contributed by atoms with E-state index in [4.69, 9.17) is 0 Å². The molecule has 6 heteroatoms. The molecule has 0 radical (unpaired) electrons. The Morgan fingerprint density at radius 1 is 1.35 bits per heavy atom. The predicted molar refractivity (Wildman–Crippen MR) is 86.1 cm³/mol. The maximum atomic E-state index is 12.5. The van der Waals surface area contributed by atoms with Gasteiger partial charge in [0.25, 0.3) is 0 Å². The minimum atomic E-state index is -0.184. The molecule has 2 aromatic heterocycles. The highest BCUT2D eigenvalue weighted by Gasteiger charge is 2.54. The molecule has 1 saturated carbocycles. The Labute approximate surface area is 134 Å². The topological polar surface area (TPSA) is 59.6 Å². The van der Waals surface area contributed by atoms with Crippen LogP contribution >= 0.6 is 0 Å². The van der Waals surface area contributed by atoms with E-state index in [1.807, 2.05) is 11.0 Å². The number of carbonyl (C=O) groups excluding carboxylic acids is 1. The smallest absolute Gasteiger partial charge is 0.338 e. The van der Waals surface area contributed by atoms with Crippen LogP contribution < -0.4 is 5.69 Å². The lowest BCUT2D eigenvalue weighted by Gasteiger charge is -2.55. The summed E-state index contributed by atoms with van der Waals surface area (Å²) in [7, 11) is 0. The average molecular weight is 314 g/mol. The van der Waals surface area contributed by atoms with Crippen molar-refractivity contribution in [2.75, 3.05) is 6.54 Å². The summed E-state index contributed by atoms with van der Waals surface area (Å²) in [4.78, 5) is 26.8. The SMILES string of the molecule is CC1(C)CN(C(=O)CCn2nc3ccccn3c2=O)C1C1CC1. The van der Waals surface area contributed by atoms with Gasteiger partial charge in [0.2, 0.25) is 5.91 Å². The molecule has 1 amide bonds. The molecule has 2 aliphatic rings. The first-order chi connectivity index (χ1) is 11.0. The molecule has 0 bridgehead atoms. The largest absolute Gasteiger partial charge is 0.350 e. The van der Waals surface area contributed by atoms with E-state index in [0.29, 0.717) is 30.6 Å². The summed E-state index contributed by atoms with van der Waals surface area (Å²) in [6, 6.07) is 5.82. The van der Waals surface area contributed by atoms with E-state index >= 15 is 0 Å². The van der Waals surface area contributed by atoms with Gasteiger partial charge in [-0.1, -0.05) is 19.9 Å². The maximum Gasteiger partial charge on any atom is 0.350 e. The van der Waals surface area contributed by atoms with Crippen molar-refractivity contribution >= 4 is 11.6 Å². The number of rotatable bonds is 4. The number of hydrogen-bond donors (Lipinski definition) is 0. The van der Waals surface area contributed by atoms with Gasteiger partial charge >= 0.3 is 5.69 Å². The monoisotopic (exact) mass is 314 g/mol. The summed E-state index contributed by atoms with van der Waals surface area (Å²) in [6.07, 6.45) is 4.51. The van der Waals surface area contributed by atoms with Gasteiger partial charge in [-0.3, -0.25) is 9.20 Å². The molecule has 2 fully saturated rings. The summed E-state index contributed by atoms with van der Waals surface area (Å²) in [5.74, 6) is 0.825. The Balaban J connectivity index is 1.45. The molecule has 122 valence electrons. The van der Waals surface area contributed by atoms with Crippen LogP contribution in [-0.4, -0.2) is 37.6 Å². The van der Waals surface area contributed by atoms with Gasteiger partial charge in [-0.25, -0.2) is 9.48 Å². The standard InChI is InChI=1S/C17H22N4O2/c1-17(2)11-20(15(17)12-6-7-12)14(22)8-10-21-16(23)19-9-4-3-5-13(19)18-21/h3-5,9,12,15H,6-8,10-11H2,1-2H3. The minimum absolute atomic E-state index is 0.144. The Morgan fingerprint density at radius 2 is 2.13 bits per heavy atom. The number of aryl methyl sites for hydroxylation is 1. The molecule has 4 rings (SSSR count). The molecule has 23 heavy (non-hydrogen) atoms. The van der Waals surface area contributed by atoms with Crippen molar-refractivity contribution in [3.8, 4) is 0 Å². The van der Waals surface area contributed by atoms with Gasteiger partial charge in [0.05, 0.1) is 6.54 Å². The number of likely N-dealkylation sites (tertiary alicyclic amines) is 1. The van der Waals surface area contributed by atoms with Gasteiger partial charge in [-0.2, -0.15) is 0 Å². The molecule has 6 nitrogen and oxygen atoms in total. The van der Waals surface area contributed by atoms with E-state index in [1.54, 1.807) is 18.3 Å². The van der Waals surface area contributed by atoms with Crippen LogP contribution in [0.4, 0.5) is 0 Å². The lowest BCUT2D eigenvalue weighted by molar-refractivity contribution is -0.153. The quantitative estimate of drug-likeness (QED) is 0.860. The number of amides is 1. The van der Waals surface area contributed by atoms with Crippen molar-refractivity contribution < 1.29 is 4.79 Å². The van der Waals surface area contributed by atoms with E-state index in [-0.39, 0.29) is 17.0 Å². The fourth-order valence-corrected chi connectivity index (χ4v) is 3.95. The van der Waals surface area contributed by atoms with Crippen LogP contribution in [0.2, 0.25) is 0 Å². The maximum absolute atomic E-state index is 12.5. The minimum Gasteiger partial charge on any atom is -0.338 e. The second kappa shape index (κ2) is 4.94. The summed E-state index contributed by atoms with van der Waals surface area (Å²) in [5.41, 5.74) is 0.665. The van der Waals surface area contributed by atoms with Gasteiger partial charge in [-0.05, 0) is 30.9 Å². The molecule has 1 unspecified atom stereocenters. The summed E-state index contributed by atoms with van der Waals surface area (Å²) in [5, 5.41) is 4.28. The number of aromatic nitrogens is 3. The van der Waals surface area contributed by atoms with E-state index in [1.165, 1.54) is 21.9 Å². The van der Waals surface area contributed by atoms with Crippen LogP contribution in [0, 0.1) is 11.3 Å². The van der Waals surface area contributed by atoms with E-state index in [0.717, 1.165) is 6.54 Å². The average Bonchev–Trinajstić information content (AvgIpc) is 3.27. The van der Waals surface area contributed by atoms with Crippen LogP contribution in [0.1, 0.15) is 33.1 Å². The molecule has 0 N–H and O–H groups in total. The highest BCUT2D eigenvalue weighted by molar-refractivity contribution is 5.77. The van der Waals surface area contributed by atoms with Crippen molar-refractivity contribution in [3.63, 3.8) is 0 Å². The molecule has 1 atom stereocenters. The molecular formula is C17H22N4O2. The Morgan fingerprint density at radius 3 is 2.78 bits per heavy atom. The fraction of sp³-hybridized carbons (Fsp3) is 0.588. The number of nitrogens with zero attached hydrogens (tertiary/aromatic N) is 4. The third kappa shape index (κ3) is 2.36. The summed E-state index contributed by atoms with van der Waals surface area (Å²) in [6.45, 7) is 5.65. The first-order valence-corrected chi connectivity index (χ1v) is 8.31. The van der Waals surface area contributed by atoms with Gasteiger partial charge in [-0.15, -0.1) is 5.10 Å². The lowest BCUT2D eigenvalue weighted by atomic mass is 9.72. The molecule has 0 aromatic carbocycles. The number of pyridine rings is 1. The van der Waals surface area contributed by atoms with Gasteiger partial charge in [0.15, 0.2) is 5.65 Å². The first kappa shape index (κ1) is 14.5. The van der Waals surface area contributed by atoms with Crippen molar-refractivity contribution in [2.45, 2.75) is 45.7 Å². The highest BCUT2D eigenvalue weighted by atomic mass is 16.2. The lowest BCUT2D eigenvalue weighted by Crippen LogP contribution is -2.64. The predicted octanol–water partition coefficient (Wildman–Crippen LogP) is 1.53. The zero-order chi connectivity index (χ0) is 16.2. The van der Waals surface area contributed by atoms with Crippen LogP contribution in [0.5, 0.6) is 0 Å². The van der Waals surface area contributed by atoms with Crippen molar-refractivity contribution in [1.82, 2.24) is 19.1 Å². The van der Waals surface area contributed by atoms with E-state index in [2.05, 4.69) is 18.9 Å². The first-order valence-electron chi connectivity index (χ1n) is 8.31. The van der Waals surface area contributed by atoms with Crippen molar-refractivity contribution in [1.29, 1.82) is 0 Å². The fourth-order valence-electron chi connectivity index (χ4n) is 3.95. The van der Waals surface area contributed by atoms with Crippen LogP contribution in [-0.2, 0) is 11.3 Å². The van der Waals surface area contributed by atoms with Crippen LogP contribution in [0.15, 0.2) is 29.2 Å². The zero-order valence-electron chi connectivity index (χ0n) is 13.6. The second-order valence-electron chi connectivity index (χ2n) is 7.48. The van der Waals surface area contributed by atoms with Crippen molar-refractivity contribution in [3.05, 3.63) is 34.9 Å². The Bertz CT molecular complexity index is 815. The van der Waals surface area contributed by atoms with Crippen molar-refractivity contribution in [2.24, 2.45) is 11.3 Å². The van der Waals surface area contributed by atoms with Crippen LogP contribution in [0.3, 0.4) is 0 Å². The number of fused-ring (bicyclic) bond motifs is 1. The van der Waals surface area contributed by atoms with Gasteiger partial charge in [0.1, 0.15) is 0 Å². The number of hydrogen-bond acceptors (Lipinski definition) is 3. The van der Waals surface area contributed by atoms with E-state index < -0.39 is 0 Å². The summed E-state index contributed by atoms with van der Waals surface area (Å²) >= 11 is 0.